The van der Waals surface area contributed by atoms with E-state index >= 15 is 0 Å². The number of carbonyl (C=O) groups excluding carboxylic acids is 1. The molecule has 23 heavy (non-hydrogen) atoms. The van der Waals surface area contributed by atoms with Gasteiger partial charge in [0, 0.05) is 12.7 Å². The third-order valence-electron chi connectivity index (χ3n) is 3.47. The van der Waals surface area contributed by atoms with Gasteiger partial charge in [-0.25, -0.2) is 0 Å². The van der Waals surface area contributed by atoms with Gasteiger partial charge in [0.15, 0.2) is 5.69 Å². The molecule has 8 nitrogen and oxygen atoms in total. The molecule has 3 heterocycles. The molecule has 124 valence electrons. The number of hydrogen-bond acceptors (Lipinski definition) is 5. The van der Waals surface area contributed by atoms with Crippen LogP contribution in [0.5, 0.6) is 0 Å². The topological polar surface area (TPSA) is 101 Å². The number of amides is 1. The summed E-state index contributed by atoms with van der Waals surface area (Å²) in [7, 11) is 0. The number of alkyl halides is 3. The number of aromatic nitrogens is 5. The molecule has 0 aromatic carbocycles. The van der Waals surface area contributed by atoms with Gasteiger partial charge in [-0.3, -0.25) is 19.9 Å². The molecular weight excluding hydrogens is 315 g/mol. The summed E-state index contributed by atoms with van der Waals surface area (Å²) in [6.45, 7) is 1.72. The summed E-state index contributed by atoms with van der Waals surface area (Å²) >= 11 is 0. The summed E-state index contributed by atoms with van der Waals surface area (Å²) in [4.78, 5) is 15.2. The van der Waals surface area contributed by atoms with E-state index in [1.165, 1.54) is 6.07 Å². The van der Waals surface area contributed by atoms with E-state index in [-0.39, 0.29) is 11.7 Å². The predicted octanol–water partition coefficient (Wildman–Crippen LogP) is 1.20. The Kier molecular flexibility index (Phi) is 4.03. The van der Waals surface area contributed by atoms with Crippen molar-refractivity contribution >= 4 is 11.9 Å². The monoisotopic (exact) mass is 329 g/mol. The van der Waals surface area contributed by atoms with Gasteiger partial charge < -0.3 is 5.32 Å². The Morgan fingerprint density at radius 1 is 1.43 bits per heavy atom. The second-order valence-electron chi connectivity index (χ2n) is 5.14. The fourth-order valence-corrected chi connectivity index (χ4v) is 2.33. The third-order valence-corrected chi connectivity index (χ3v) is 3.47. The summed E-state index contributed by atoms with van der Waals surface area (Å²) in [6.07, 6.45) is -1.01. The van der Waals surface area contributed by atoms with E-state index in [1.807, 2.05) is 0 Å². The third kappa shape index (κ3) is 3.50. The SMILES string of the molecule is O=C(Nc1n[nH]c(C(F)(F)F)n1)c1ccn(C2CCCNC2)n1. The first-order chi connectivity index (χ1) is 10.9. The molecule has 0 bridgehead atoms. The summed E-state index contributed by atoms with van der Waals surface area (Å²) in [5.41, 5.74) is 0.0916. The van der Waals surface area contributed by atoms with Crippen molar-refractivity contribution in [2.75, 3.05) is 18.4 Å². The summed E-state index contributed by atoms with van der Waals surface area (Å²) in [6, 6.07) is 1.66. The van der Waals surface area contributed by atoms with Crippen molar-refractivity contribution in [3.05, 3.63) is 23.8 Å². The highest BCUT2D eigenvalue weighted by molar-refractivity contribution is 6.01. The zero-order valence-corrected chi connectivity index (χ0v) is 11.9. The number of nitrogens with zero attached hydrogens (tertiary/aromatic N) is 4. The van der Waals surface area contributed by atoms with E-state index in [9.17, 15) is 18.0 Å². The first-order valence-corrected chi connectivity index (χ1v) is 7.00. The Balaban J connectivity index is 1.66. The predicted molar refractivity (Wildman–Crippen MR) is 72.7 cm³/mol. The molecule has 1 saturated heterocycles. The average Bonchev–Trinajstić information content (AvgIpc) is 3.16. The van der Waals surface area contributed by atoms with Crippen LogP contribution in [0.3, 0.4) is 0 Å². The summed E-state index contributed by atoms with van der Waals surface area (Å²) in [5.74, 6) is -2.39. The van der Waals surface area contributed by atoms with Gasteiger partial charge >= 0.3 is 6.18 Å². The van der Waals surface area contributed by atoms with Crippen LogP contribution in [0.4, 0.5) is 19.1 Å². The second kappa shape index (κ2) is 5.99. The van der Waals surface area contributed by atoms with Gasteiger partial charge in [-0.15, -0.1) is 5.10 Å². The molecule has 2 aromatic rings. The molecule has 1 aliphatic heterocycles. The van der Waals surface area contributed by atoms with Crippen molar-refractivity contribution in [3.63, 3.8) is 0 Å². The van der Waals surface area contributed by atoms with Crippen LogP contribution in [0.15, 0.2) is 12.3 Å². The zero-order valence-electron chi connectivity index (χ0n) is 11.9. The summed E-state index contributed by atoms with van der Waals surface area (Å²) < 4.78 is 38.9. The zero-order chi connectivity index (χ0) is 16.4. The molecule has 0 radical (unpaired) electrons. The number of rotatable bonds is 3. The van der Waals surface area contributed by atoms with E-state index in [2.05, 4.69) is 25.8 Å². The standard InChI is InChI=1S/C12H14F3N7O/c13-12(14,15)10-18-11(20-19-10)17-9(23)8-3-5-22(21-8)7-2-1-4-16-6-7/h3,5,7,16H,1-2,4,6H2,(H2,17,18,19,20,23). The maximum atomic E-state index is 12.4. The Labute approximate surface area is 128 Å². The van der Waals surface area contributed by atoms with Gasteiger partial charge in [-0.1, -0.05) is 0 Å². The van der Waals surface area contributed by atoms with Crippen LogP contribution in [0.2, 0.25) is 0 Å². The minimum atomic E-state index is -4.65. The molecule has 1 fully saturated rings. The molecule has 1 amide bonds. The number of halogens is 3. The molecule has 11 heteroatoms. The number of anilines is 1. The first kappa shape index (κ1) is 15.5. The number of piperidine rings is 1. The van der Waals surface area contributed by atoms with E-state index in [1.54, 1.807) is 16.0 Å². The Morgan fingerprint density at radius 3 is 2.91 bits per heavy atom. The Hall–Kier alpha value is -2.43. The molecule has 1 aliphatic rings. The van der Waals surface area contributed by atoms with Crippen LogP contribution in [-0.2, 0) is 6.18 Å². The van der Waals surface area contributed by atoms with Gasteiger partial charge in [0.2, 0.25) is 11.8 Å². The average molecular weight is 329 g/mol. The van der Waals surface area contributed by atoms with E-state index in [0.717, 1.165) is 25.9 Å². The highest BCUT2D eigenvalue weighted by Crippen LogP contribution is 2.26. The fourth-order valence-electron chi connectivity index (χ4n) is 2.33. The van der Waals surface area contributed by atoms with Crippen molar-refractivity contribution in [3.8, 4) is 0 Å². The van der Waals surface area contributed by atoms with Crippen LogP contribution in [0.1, 0.15) is 35.2 Å². The van der Waals surface area contributed by atoms with Crippen molar-refractivity contribution < 1.29 is 18.0 Å². The maximum absolute atomic E-state index is 12.4. The second-order valence-corrected chi connectivity index (χ2v) is 5.14. The Bertz CT molecular complexity index is 687. The molecule has 0 spiro atoms. The molecular formula is C12H14F3N7O. The van der Waals surface area contributed by atoms with Crippen LogP contribution in [-0.4, -0.2) is 44.0 Å². The lowest BCUT2D eigenvalue weighted by Crippen LogP contribution is -2.32. The van der Waals surface area contributed by atoms with Crippen molar-refractivity contribution in [1.82, 2.24) is 30.3 Å². The number of hydrogen-bond donors (Lipinski definition) is 3. The number of carbonyl (C=O) groups is 1. The first-order valence-electron chi connectivity index (χ1n) is 7.00. The molecule has 2 aromatic heterocycles. The van der Waals surface area contributed by atoms with Crippen molar-refractivity contribution in [2.45, 2.75) is 25.1 Å². The van der Waals surface area contributed by atoms with Crippen LogP contribution >= 0.6 is 0 Å². The van der Waals surface area contributed by atoms with Crippen LogP contribution in [0, 0.1) is 0 Å². The molecule has 3 rings (SSSR count). The number of H-pyrrole nitrogens is 1. The molecule has 0 saturated carbocycles. The van der Waals surface area contributed by atoms with Gasteiger partial charge in [-0.05, 0) is 25.5 Å². The highest BCUT2D eigenvalue weighted by Gasteiger charge is 2.35. The van der Waals surface area contributed by atoms with E-state index in [4.69, 9.17) is 0 Å². The lowest BCUT2D eigenvalue weighted by molar-refractivity contribution is -0.144. The van der Waals surface area contributed by atoms with Crippen LogP contribution < -0.4 is 10.6 Å². The largest absolute Gasteiger partial charge is 0.451 e. The minimum Gasteiger partial charge on any atom is -0.315 e. The normalized spacial score (nSPS) is 18.8. The minimum absolute atomic E-state index is 0.0916. The van der Waals surface area contributed by atoms with Crippen molar-refractivity contribution in [1.29, 1.82) is 0 Å². The molecule has 1 unspecified atom stereocenters. The lowest BCUT2D eigenvalue weighted by atomic mass is 10.1. The summed E-state index contributed by atoms with van der Waals surface area (Å²) in [5, 5.41) is 14.6. The van der Waals surface area contributed by atoms with Gasteiger partial charge in [0.05, 0.1) is 6.04 Å². The number of aromatic amines is 1. The highest BCUT2D eigenvalue weighted by atomic mass is 19.4. The smallest absolute Gasteiger partial charge is 0.315 e. The maximum Gasteiger partial charge on any atom is 0.451 e. The Morgan fingerprint density at radius 2 is 2.26 bits per heavy atom. The van der Waals surface area contributed by atoms with Crippen molar-refractivity contribution in [2.24, 2.45) is 0 Å². The molecule has 0 aliphatic carbocycles. The number of nitrogens with one attached hydrogen (secondary N) is 3. The van der Waals surface area contributed by atoms with E-state index < -0.39 is 23.9 Å². The quantitative estimate of drug-likeness (QED) is 0.785. The lowest BCUT2D eigenvalue weighted by Gasteiger charge is -2.22. The van der Waals surface area contributed by atoms with E-state index in [0.29, 0.717) is 0 Å². The van der Waals surface area contributed by atoms with Gasteiger partial charge in [0.25, 0.3) is 5.91 Å². The van der Waals surface area contributed by atoms with Gasteiger partial charge in [-0.2, -0.15) is 23.3 Å². The van der Waals surface area contributed by atoms with Crippen LogP contribution in [0.25, 0.3) is 0 Å². The van der Waals surface area contributed by atoms with Gasteiger partial charge in [0.1, 0.15) is 0 Å². The molecule has 1 atom stereocenters. The molecule has 3 N–H and O–H groups in total. The fraction of sp³-hybridized carbons (Fsp3) is 0.500.